The maximum Gasteiger partial charge on any atom is 0.487 e. The number of ether oxygens (including phenoxy) is 3. The molecule has 0 N–H and O–H groups in total. The zero-order valence-electron chi connectivity index (χ0n) is 18.6. The molecule has 0 radical (unpaired) electrons. The largest absolute Gasteiger partial charge is 0.487 e. The molecular weight excluding hydrogens is 527 g/mol. The van der Waals surface area contributed by atoms with Crippen molar-refractivity contribution in [2.75, 3.05) is 18.7 Å². The summed E-state index contributed by atoms with van der Waals surface area (Å²) in [4.78, 5) is 18.3. The number of rotatable bonds is 5. The monoisotopic (exact) mass is 540 g/mol. The molecule has 4 aromatic rings. The van der Waals surface area contributed by atoms with E-state index in [4.69, 9.17) is 21.1 Å². The van der Waals surface area contributed by atoms with Gasteiger partial charge in [0.2, 0.25) is 6.79 Å². The van der Waals surface area contributed by atoms with Gasteiger partial charge in [0, 0.05) is 36.0 Å². The first-order chi connectivity index (χ1) is 17.4. The number of hydrogen-bond acceptors (Lipinski definition) is 6. The summed E-state index contributed by atoms with van der Waals surface area (Å²) in [6.07, 6.45) is -4.81. The molecule has 0 spiro atoms. The van der Waals surface area contributed by atoms with E-state index in [0.717, 1.165) is 29.2 Å². The summed E-state index contributed by atoms with van der Waals surface area (Å²) in [5, 5.41) is 3.84. The third-order valence-corrected chi connectivity index (χ3v) is 5.44. The van der Waals surface area contributed by atoms with Gasteiger partial charge < -0.3 is 19.1 Å². The normalized spacial score (nSPS) is 13.2. The Bertz CT molecular complexity index is 1500. The summed E-state index contributed by atoms with van der Waals surface area (Å²) in [6, 6.07) is 11.4. The van der Waals surface area contributed by atoms with Crippen molar-refractivity contribution in [2.24, 2.45) is 0 Å². The number of halogens is 6. The molecule has 1 aliphatic heterocycles. The van der Waals surface area contributed by atoms with Crippen LogP contribution >= 0.6 is 11.6 Å². The molecule has 37 heavy (non-hydrogen) atoms. The first-order valence-electron chi connectivity index (χ1n) is 10.4. The Balaban J connectivity index is 1.50. The third kappa shape index (κ3) is 4.94. The molecule has 0 atom stereocenters. The van der Waals surface area contributed by atoms with Crippen LogP contribution in [0.2, 0.25) is 0 Å². The van der Waals surface area contributed by atoms with Crippen LogP contribution in [0, 0.1) is 0 Å². The highest BCUT2D eigenvalue weighted by molar-refractivity contribution is 6.20. The molecule has 5 rings (SSSR count). The van der Waals surface area contributed by atoms with Gasteiger partial charge in [-0.25, -0.2) is 9.50 Å². The summed E-state index contributed by atoms with van der Waals surface area (Å²) in [6.45, 7) is -0.00436. The summed E-state index contributed by atoms with van der Waals surface area (Å²) in [7, 11) is 1.34. The number of amides is 1. The van der Waals surface area contributed by atoms with E-state index < -0.39 is 23.3 Å². The Morgan fingerprint density at radius 1 is 1.03 bits per heavy atom. The molecule has 1 aliphatic rings. The van der Waals surface area contributed by atoms with Crippen LogP contribution in [0.3, 0.4) is 0 Å². The Kier molecular flexibility index (Phi) is 5.82. The van der Waals surface area contributed by atoms with E-state index >= 15 is 0 Å². The highest BCUT2D eigenvalue weighted by Crippen LogP contribution is 2.37. The van der Waals surface area contributed by atoms with Gasteiger partial charge in [-0.3, -0.25) is 4.79 Å². The number of benzene rings is 2. The minimum absolute atomic E-state index is 0.00436. The van der Waals surface area contributed by atoms with Crippen molar-refractivity contribution in [1.29, 1.82) is 0 Å². The van der Waals surface area contributed by atoms with Crippen LogP contribution in [-0.2, 0) is 6.18 Å². The number of anilines is 1. The maximum absolute atomic E-state index is 13.9. The fourth-order valence-electron chi connectivity index (χ4n) is 3.65. The van der Waals surface area contributed by atoms with E-state index in [-0.39, 0.29) is 35.3 Å². The number of nitrogens with zero attached hydrogens (tertiary/aromatic N) is 4. The Morgan fingerprint density at radius 2 is 1.73 bits per heavy atom. The highest BCUT2D eigenvalue weighted by Gasteiger charge is 2.36. The lowest BCUT2D eigenvalue weighted by atomic mass is 10.1. The molecule has 3 heterocycles. The van der Waals surface area contributed by atoms with Gasteiger partial charge in [-0.1, -0.05) is 0 Å². The second kappa shape index (κ2) is 8.76. The van der Waals surface area contributed by atoms with Gasteiger partial charge in [-0.05, 0) is 48.5 Å². The Morgan fingerprint density at radius 3 is 2.41 bits per heavy atom. The van der Waals surface area contributed by atoms with Crippen molar-refractivity contribution in [1.82, 2.24) is 14.6 Å². The Labute approximate surface area is 209 Å². The van der Waals surface area contributed by atoms with Crippen molar-refractivity contribution >= 4 is 28.8 Å². The zero-order valence-corrected chi connectivity index (χ0v) is 19.3. The summed E-state index contributed by atoms with van der Waals surface area (Å²) in [5.74, 6) is -0.200. The first-order valence-corrected chi connectivity index (χ1v) is 10.8. The molecule has 8 nitrogen and oxygen atoms in total. The number of carbonyl (C=O) groups excluding carboxylic acids is 1. The first kappa shape index (κ1) is 24.6. The zero-order chi connectivity index (χ0) is 26.5. The summed E-state index contributed by atoms with van der Waals surface area (Å²) >= 11 is 4.73. The molecule has 192 valence electrons. The lowest BCUT2D eigenvalue weighted by Crippen LogP contribution is -2.26. The average Bonchev–Trinajstić information content (AvgIpc) is 3.47. The molecule has 0 bridgehead atoms. The standard InChI is InChI=1S/C23H14ClF5N4O4/c1-32(13-3-5-14(6-4-13)37-23(24,28)29)21(34)16-10-20-30-15(9-19(22(25,26)27)33(20)31-16)12-2-7-17-18(8-12)36-11-35-17/h2-10H,11H2,1H3. The van der Waals surface area contributed by atoms with Gasteiger partial charge in [0.05, 0.1) is 5.69 Å². The van der Waals surface area contributed by atoms with Crippen LogP contribution in [-0.4, -0.2) is 39.9 Å². The van der Waals surface area contributed by atoms with E-state index in [2.05, 4.69) is 14.8 Å². The van der Waals surface area contributed by atoms with Gasteiger partial charge >= 0.3 is 11.7 Å². The minimum atomic E-state index is -4.81. The SMILES string of the molecule is CN(C(=O)c1cc2nc(-c3ccc4c(c3)OCO4)cc(C(F)(F)F)n2n1)c1ccc(OC(F)(F)Cl)cc1. The number of fused-ring (bicyclic) bond motifs is 2. The minimum Gasteiger partial charge on any atom is -0.454 e. The van der Waals surface area contributed by atoms with Gasteiger partial charge in [0.1, 0.15) is 5.75 Å². The number of alkyl halides is 6. The van der Waals surface area contributed by atoms with Gasteiger partial charge in [0.15, 0.2) is 28.5 Å². The molecule has 0 saturated carbocycles. The van der Waals surface area contributed by atoms with Gasteiger partial charge in [0.25, 0.3) is 5.91 Å². The summed E-state index contributed by atoms with van der Waals surface area (Å²) in [5.41, 5.74) is -5.04. The van der Waals surface area contributed by atoms with Crippen molar-refractivity contribution in [3.63, 3.8) is 0 Å². The van der Waals surface area contributed by atoms with E-state index in [0.29, 0.717) is 21.6 Å². The molecule has 2 aromatic heterocycles. The smallest absolute Gasteiger partial charge is 0.454 e. The number of aromatic nitrogens is 3. The van der Waals surface area contributed by atoms with Crippen LogP contribution in [0.1, 0.15) is 16.2 Å². The quantitative estimate of drug-likeness (QED) is 0.243. The molecule has 1 amide bonds. The number of hydrogen-bond donors (Lipinski definition) is 0. The number of carbonyl (C=O) groups is 1. The topological polar surface area (TPSA) is 78.2 Å². The lowest BCUT2D eigenvalue weighted by Gasteiger charge is -2.17. The summed E-state index contributed by atoms with van der Waals surface area (Å²) < 4.78 is 82.6. The van der Waals surface area contributed by atoms with Crippen molar-refractivity contribution < 1.29 is 41.0 Å². The molecule has 14 heteroatoms. The van der Waals surface area contributed by atoms with Gasteiger partial charge in [-0.15, -0.1) is 8.78 Å². The van der Waals surface area contributed by atoms with Crippen molar-refractivity contribution in [3.8, 4) is 28.5 Å². The van der Waals surface area contributed by atoms with E-state index in [1.165, 1.54) is 31.3 Å². The average molecular weight is 541 g/mol. The molecule has 0 fully saturated rings. The van der Waals surface area contributed by atoms with Crippen LogP contribution in [0.5, 0.6) is 17.2 Å². The van der Waals surface area contributed by atoms with Crippen LogP contribution in [0.15, 0.2) is 54.6 Å². The van der Waals surface area contributed by atoms with E-state index in [9.17, 15) is 26.7 Å². The van der Waals surface area contributed by atoms with E-state index in [1.54, 1.807) is 6.07 Å². The predicted octanol–water partition coefficient (Wildman–Crippen LogP) is 5.59. The fourth-order valence-corrected chi connectivity index (χ4v) is 3.73. The second-order valence-corrected chi connectivity index (χ2v) is 8.24. The second-order valence-electron chi connectivity index (χ2n) is 7.80. The lowest BCUT2D eigenvalue weighted by molar-refractivity contribution is -0.142. The highest BCUT2D eigenvalue weighted by atomic mass is 35.5. The maximum atomic E-state index is 13.9. The van der Waals surface area contributed by atoms with Gasteiger partial charge in [-0.2, -0.15) is 18.3 Å². The molecular formula is C23H14ClF5N4O4. The molecule has 0 aliphatic carbocycles. The van der Waals surface area contributed by atoms with Crippen LogP contribution in [0.4, 0.5) is 27.6 Å². The van der Waals surface area contributed by atoms with Crippen LogP contribution < -0.4 is 19.1 Å². The van der Waals surface area contributed by atoms with Crippen molar-refractivity contribution in [3.05, 3.63) is 66.0 Å². The van der Waals surface area contributed by atoms with Crippen LogP contribution in [0.25, 0.3) is 16.9 Å². The van der Waals surface area contributed by atoms with Crippen molar-refractivity contribution in [2.45, 2.75) is 11.7 Å². The molecule has 0 saturated heterocycles. The third-order valence-electron chi connectivity index (χ3n) is 5.37. The Hall–Kier alpha value is -4.13. The molecule has 2 aromatic carbocycles. The molecule has 0 unspecified atom stereocenters. The van der Waals surface area contributed by atoms with E-state index in [1.807, 2.05) is 0 Å². The predicted molar refractivity (Wildman–Crippen MR) is 120 cm³/mol. The fraction of sp³-hybridized carbons (Fsp3) is 0.174.